The smallest absolute Gasteiger partial charge is 0.162 e. The second-order valence-corrected chi connectivity index (χ2v) is 7.13. The number of hydrogen-bond donors (Lipinski definition) is 0. The molecule has 2 nitrogen and oxygen atoms in total. The van der Waals surface area contributed by atoms with Crippen LogP contribution >= 0.6 is 50.7 Å². The fourth-order valence-electron chi connectivity index (χ4n) is 2.73. The molecule has 1 aromatic heterocycles. The molecule has 3 rings (SSSR count). The predicted octanol–water partition coefficient (Wildman–Crippen LogP) is 6.52. The topological polar surface area (TPSA) is 25.8 Å². The fourth-order valence-corrected chi connectivity index (χ4v) is 3.86. The molecule has 1 aromatic carbocycles. The van der Waals surface area contributed by atoms with Crippen molar-refractivity contribution in [3.05, 3.63) is 43.6 Å². The minimum atomic E-state index is 0.382. The van der Waals surface area contributed by atoms with Gasteiger partial charge in [-0.3, -0.25) is 0 Å². The molecule has 0 aliphatic heterocycles. The van der Waals surface area contributed by atoms with Crippen LogP contribution < -0.4 is 0 Å². The quantitative estimate of drug-likeness (QED) is 0.530. The van der Waals surface area contributed by atoms with Crippen LogP contribution in [-0.2, 0) is 0 Å². The molecule has 0 radical (unpaired) electrons. The van der Waals surface area contributed by atoms with Crippen molar-refractivity contribution in [2.24, 2.45) is 0 Å². The van der Waals surface area contributed by atoms with E-state index in [-0.39, 0.29) is 0 Å². The summed E-state index contributed by atoms with van der Waals surface area (Å²) in [4.78, 5) is 8.83. The SMILES string of the molecule is Clc1cc(-c2nc(Cl)c(C3CCCC3)c(Cl)n2)ccc1Br. The number of benzene rings is 1. The highest BCUT2D eigenvalue weighted by molar-refractivity contribution is 9.10. The fraction of sp³-hybridized carbons (Fsp3) is 0.333. The molecule has 6 heteroatoms. The summed E-state index contributed by atoms with van der Waals surface area (Å²) in [5.74, 6) is 0.883. The van der Waals surface area contributed by atoms with E-state index in [1.165, 1.54) is 12.8 Å². The average Bonchev–Trinajstić information content (AvgIpc) is 2.95. The molecule has 1 aliphatic rings. The maximum absolute atomic E-state index is 6.36. The summed E-state index contributed by atoms with van der Waals surface area (Å²) in [5, 5.41) is 1.51. The molecule has 0 N–H and O–H groups in total. The van der Waals surface area contributed by atoms with Crippen molar-refractivity contribution in [2.75, 3.05) is 0 Å². The summed E-state index contributed by atoms with van der Waals surface area (Å²) in [7, 11) is 0. The molecular weight excluding hydrogens is 394 g/mol. The van der Waals surface area contributed by atoms with Crippen LogP contribution in [0.15, 0.2) is 22.7 Å². The van der Waals surface area contributed by atoms with E-state index in [1.54, 1.807) is 6.07 Å². The summed E-state index contributed by atoms with van der Waals surface area (Å²) in [5.41, 5.74) is 1.69. The first-order chi connectivity index (χ1) is 10.1. The lowest BCUT2D eigenvalue weighted by Gasteiger charge is -2.14. The highest BCUT2D eigenvalue weighted by Crippen LogP contribution is 2.40. The molecule has 110 valence electrons. The van der Waals surface area contributed by atoms with E-state index in [4.69, 9.17) is 34.8 Å². The van der Waals surface area contributed by atoms with Crippen molar-refractivity contribution in [3.63, 3.8) is 0 Å². The minimum absolute atomic E-state index is 0.382. The van der Waals surface area contributed by atoms with Gasteiger partial charge in [0.05, 0.1) is 5.02 Å². The molecule has 21 heavy (non-hydrogen) atoms. The van der Waals surface area contributed by atoms with Gasteiger partial charge in [0, 0.05) is 15.6 Å². The molecule has 1 fully saturated rings. The number of nitrogens with zero attached hydrogens (tertiary/aromatic N) is 2. The van der Waals surface area contributed by atoms with Gasteiger partial charge in [0.2, 0.25) is 0 Å². The maximum Gasteiger partial charge on any atom is 0.162 e. The van der Waals surface area contributed by atoms with Gasteiger partial charge >= 0.3 is 0 Å². The van der Waals surface area contributed by atoms with Crippen molar-refractivity contribution in [2.45, 2.75) is 31.6 Å². The third-order valence-electron chi connectivity index (χ3n) is 3.79. The third-order valence-corrected chi connectivity index (χ3v) is 5.60. The Balaban J connectivity index is 2.03. The van der Waals surface area contributed by atoms with Gasteiger partial charge in [0.25, 0.3) is 0 Å². The van der Waals surface area contributed by atoms with Gasteiger partial charge in [0.15, 0.2) is 5.82 Å². The van der Waals surface area contributed by atoms with Gasteiger partial charge in [0.1, 0.15) is 10.3 Å². The first-order valence-corrected chi connectivity index (χ1v) is 8.67. The number of aromatic nitrogens is 2. The van der Waals surface area contributed by atoms with E-state index in [0.717, 1.165) is 28.4 Å². The van der Waals surface area contributed by atoms with Gasteiger partial charge in [-0.05, 0) is 52.9 Å². The van der Waals surface area contributed by atoms with E-state index >= 15 is 0 Å². The van der Waals surface area contributed by atoms with Crippen molar-refractivity contribution >= 4 is 50.7 Å². The van der Waals surface area contributed by atoms with E-state index < -0.39 is 0 Å². The molecular formula is C15H12BrCl3N2. The van der Waals surface area contributed by atoms with Gasteiger partial charge in [-0.2, -0.15) is 0 Å². The van der Waals surface area contributed by atoms with Crippen molar-refractivity contribution in [1.82, 2.24) is 9.97 Å². The third kappa shape index (κ3) is 3.21. The molecule has 0 atom stereocenters. The molecule has 0 spiro atoms. The Bertz CT molecular complexity index is 662. The van der Waals surface area contributed by atoms with E-state index in [1.807, 2.05) is 12.1 Å². The monoisotopic (exact) mass is 404 g/mol. The molecule has 1 aliphatic carbocycles. The van der Waals surface area contributed by atoms with Crippen LogP contribution in [0, 0.1) is 0 Å². The van der Waals surface area contributed by atoms with Crippen molar-refractivity contribution < 1.29 is 0 Å². The molecule has 0 saturated heterocycles. The lowest BCUT2D eigenvalue weighted by Crippen LogP contribution is -2.01. The zero-order valence-corrected chi connectivity index (χ0v) is 14.9. The standard InChI is InChI=1S/C15H12BrCl3N2/c16-10-6-5-9(7-11(10)17)15-20-13(18)12(14(19)21-15)8-3-1-2-4-8/h5-8H,1-4H2. The Labute approximate surface area is 147 Å². The Hall–Kier alpha value is -0.350. The van der Waals surface area contributed by atoms with Gasteiger partial charge < -0.3 is 0 Å². The maximum atomic E-state index is 6.36. The van der Waals surface area contributed by atoms with Gasteiger partial charge in [-0.1, -0.05) is 47.6 Å². The lowest BCUT2D eigenvalue weighted by molar-refractivity contribution is 0.715. The molecule has 1 heterocycles. The van der Waals surface area contributed by atoms with E-state index in [9.17, 15) is 0 Å². The molecule has 1 saturated carbocycles. The van der Waals surface area contributed by atoms with Crippen LogP contribution in [-0.4, -0.2) is 9.97 Å². The van der Waals surface area contributed by atoms with Crippen LogP contribution in [0.3, 0.4) is 0 Å². The molecule has 0 unspecified atom stereocenters. The lowest BCUT2D eigenvalue weighted by atomic mass is 10.0. The number of halogens is 4. The zero-order chi connectivity index (χ0) is 15.0. The number of rotatable bonds is 2. The van der Waals surface area contributed by atoms with Crippen LogP contribution in [0.4, 0.5) is 0 Å². The van der Waals surface area contributed by atoms with Gasteiger partial charge in [-0.25, -0.2) is 9.97 Å². The first kappa shape index (κ1) is 15.5. The summed E-state index contributed by atoms with van der Waals surface area (Å²) >= 11 is 22.2. The summed E-state index contributed by atoms with van der Waals surface area (Å²) < 4.78 is 0.827. The Morgan fingerprint density at radius 3 is 2.19 bits per heavy atom. The first-order valence-electron chi connectivity index (χ1n) is 6.74. The second kappa shape index (κ2) is 6.41. The highest BCUT2D eigenvalue weighted by Gasteiger charge is 2.24. The molecule has 0 amide bonds. The van der Waals surface area contributed by atoms with Crippen LogP contribution in [0.5, 0.6) is 0 Å². The Kier molecular flexibility index (Phi) is 4.75. The van der Waals surface area contributed by atoms with Crippen LogP contribution in [0.25, 0.3) is 11.4 Å². The van der Waals surface area contributed by atoms with Crippen LogP contribution in [0.1, 0.15) is 37.2 Å². The Morgan fingerprint density at radius 2 is 1.62 bits per heavy atom. The predicted molar refractivity (Wildman–Crippen MR) is 91.4 cm³/mol. The van der Waals surface area contributed by atoms with Crippen LogP contribution in [0.2, 0.25) is 15.3 Å². The molecule has 0 bridgehead atoms. The minimum Gasteiger partial charge on any atom is -0.216 e. The number of hydrogen-bond acceptors (Lipinski definition) is 2. The second-order valence-electron chi connectivity index (χ2n) is 5.15. The zero-order valence-electron chi connectivity index (χ0n) is 11.0. The molecule has 2 aromatic rings. The largest absolute Gasteiger partial charge is 0.216 e. The normalized spacial score (nSPS) is 15.6. The van der Waals surface area contributed by atoms with E-state index in [2.05, 4.69) is 25.9 Å². The Morgan fingerprint density at radius 1 is 1.00 bits per heavy atom. The highest BCUT2D eigenvalue weighted by atomic mass is 79.9. The summed E-state index contributed by atoms with van der Waals surface area (Å²) in [6, 6.07) is 5.53. The van der Waals surface area contributed by atoms with E-state index in [0.29, 0.717) is 27.1 Å². The summed E-state index contributed by atoms with van der Waals surface area (Å²) in [6.45, 7) is 0. The van der Waals surface area contributed by atoms with Crippen molar-refractivity contribution in [3.8, 4) is 11.4 Å². The van der Waals surface area contributed by atoms with Gasteiger partial charge in [-0.15, -0.1) is 0 Å². The van der Waals surface area contributed by atoms with Crippen molar-refractivity contribution in [1.29, 1.82) is 0 Å². The average molecular weight is 407 g/mol. The summed E-state index contributed by atoms with van der Waals surface area (Å²) in [6.07, 6.45) is 4.63.